The molecule has 1 unspecified atom stereocenters. The fourth-order valence-electron chi connectivity index (χ4n) is 3.55. The van der Waals surface area contributed by atoms with E-state index in [4.69, 9.17) is 13.9 Å². The third kappa shape index (κ3) is 3.01. The molecule has 0 radical (unpaired) electrons. The zero-order valence-corrected chi connectivity index (χ0v) is 13.3. The number of nitrogens with zero attached hydrogens (tertiary/aromatic N) is 2. The van der Waals surface area contributed by atoms with E-state index >= 15 is 0 Å². The zero-order chi connectivity index (χ0) is 16.4. The van der Waals surface area contributed by atoms with Crippen molar-refractivity contribution in [3.05, 3.63) is 48.7 Å². The highest BCUT2D eigenvalue weighted by Gasteiger charge is 2.42. The van der Waals surface area contributed by atoms with Crippen LogP contribution in [0.25, 0.3) is 0 Å². The van der Waals surface area contributed by atoms with Crippen LogP contribution in [-0.4, -0.2) is 47.2 Å². The topological polar surface area (TPSA) is 64.8 Å². The second-order valence-corrected chi connectivity index (χ2v) is 6.24. The summed E-state index contributed by atoms with van der Waals surface area (Å²) < 4.78 is 16.9. The summed E-state index contributed by atoms with van der Waals surface area (Å²) in [5.74, 6) is 0.788. The van der Waals surface area contributed by atoms with Gasteiger partial charge in [-0.3, -0.25) is 9.78 Å². The first kappa shape index (κ1) is 15.2. The van der Waals surface area contributed by atoms with Crippen LogP contribution in [0.2, 0.25) is 0 Å². The van der Waals surface area contributed by atoms with Gasteiger partial charge < -0.3 is 18.8 Å². The number of hydrogen-bond acceptors (Lipinski definition) is 5. The molecule has 0 N–H and O–H groups in total. The van der Waals surface area contributed by atoms with Crippen LogP contribution in [0.4, 0.5) is 0 Å². The maximum Gasteiger partial charge on any atom is 0.257 e. The summed E-state index contributed by atoms with van der Waals surface area (Å²) in [6, 6.07) is 5.61. The third-order valence-electron chi connectivity index (χ3n) is 4.73. The van der Waals surface area contributed by atoms with Crippen LogP contribution in [0.1, 0.15) is 29.6 Å². The Kier molecular flexibility index (Phi) is 4.21. The van der Waals surface area contributed by atoms with Crippen molar-refractivity contribution in [2.45, 2.75) is 37.5 Å². The molecule has 2 aliphatic heterocycles. The van der Waals surface area contributed by atoms with Crippen LogP contribution < -0.4 is 4.74 Å². The van der Waals surface area contributed by atoms with Gasteiger partial charge in [-0.05, 0) is 37.5 Å². The molecular formula is C18H20N2O4. The van der Waals surface area contributed by atoms with Crippen molar-refractivity contribution in [2.24, 2.45) is 0 Å². The van der Waals surface area contributed by atoms with Crippen molar-refractivity contribution in [1.82, 2.24) is 9.88 Å². The molecule has 0 saturated carbocycles. The molecule has 2 saturated heterocycles. The maximum absolute atomic E-state index is 12.5. The molecule has 0 aliphatic carbocycles. The van der Waals surface area contributed by atoms with E-state index in [0.717, 1.165) is 31.6 Å². The standard InChI is InChI=1S/C18H20N2O4/c21-18(13-6-9-22-11-13)20-8-5-17-16(20)4-3-15(24-17)12-23-14-2-1-7-19-10-14/h1-2,6-7,9-11,15-17H,3-5,8,12H2/t15?,16-,17-/m0/s1. The number of likely N-dealkylation sites (tertiary alicyclic amines) is 1. The van der Waals surface area contributed by atoms with Gasteiger partial charge in [0.15, 0.2) is 0 Å². The summed E-state index contributed by atoms with van der Waals surface area (Å²) in [5, 5.41) is 0. The van der Waals surface area contributed by atoms with Crippen molar-refractivity contribution < 1.29 is 18.7 Å². The molecule has 3 atom stereocenters. The van der Waals surface area contributed by atoms with Gasteiger partial charge in [0.2, 0.25) is 0 Å². The summed E-state index contributed by atoms with van der Waals surface area (Å²) >= 11 is 0. The Hall–Kier alpha value is -2.34. The number of aromatic nitrogens is 1. The molecular weight excluding hydrogens is 308 g/mol. The van der Waals surface area contributed by atoms with Gasteiger partial charge in [0.05, 0.1) is 36.3 Å². The van der Waals surface area contributed by atoms with Crippen molar-refractivity contribution in [2.75, 3.05) is 13.2 Å². The number of rotatable bonds is 4. The van der Waals surface area contributed by atoms with Crippen LogP contribution in [0, 0.1) is 0 Å². The third-order valence-corrected chi connectivity index (χ3v) is 4.73. The van der Waals surface area contributed by atoms with E-state index in [0.29, 0.717) is 12.2 Å². The minimum absolute atomic E-state index is 0.0323. The largest absolute Gasteiger partial charge is 0.489 e. The molecule has 1 amide bonds. The monoisotopic (exact) mass is 328 g/mol. The van der Waals surface area contributed by atoms with Crippen LogP contribution in [0.3, 0.4) is 0 Å². The molecule has 2 aromatic rings. The number of furan rings is 1. The molecule has 2 fully saturated rings. The highest BCUT2D eigenvalue weighted by Crippen LogP contribution is 2.32. The minimum atomic E-state index is 0.0323. The first-order chi connectivity index (χ1) is 11.8. The summed E-state index contributed by atoms with van der Waals surface area (Å²) in [6.07, 6.45) is 9.32. The van der Waals surface area contributed by atoms with Crippen LogP contribution in [0.15, 0.2) is 47.5 Å². The van der Waals surface area contributed by atoms with E-state index in [1.807, 2.05) is 17.0 Å². The van der Waals surface area contributed by atoms with E-state index in [9.17, 15) is 4.79 Å². The molecule has 24 heavy (non-hydrogen) atoms. The van der Waals surface area contributed by atoms with E-state index in [1.54, 1.807) is 18.5 Å². The molecule has 6 heteroatoms. The Bertz CT molecular complexity index is 674. The van der Waals surface area contributed by atoms with Crippen molar-refractivity contribution in [3.63, 3.8) is 0 Å². The number of pyridine rings is 1. The summed E-state index contributed by atoms with van der Waals surface area (Å²) in [7, 11) is 0. The Morgan fingerprint density at radius 1 is 1.33 bits per heavy atom. The van der Waals surface area contributed by atoms with E-state index < -0.39 is 0 Å². The lowest BCUT2D eigenvalue weighted by molar-refractivity contribution is -0.0802. The van der Waals surface area contributed by atoms with Crippen LogP contribution >= 0.6 is 0 Å². The molecule has 0 aromatic carbocycles. The smallest absolute Gasteiger partial charge is 0.257 e. The molecule has 126 valence electrons. The van der Waals surface area contributed by atoms with Gasteiger partial charge >= 0.3 is 0 Å². The van der Waals surface area contributed by atoms with Crippen LogP contribution in [-0.2, 0) is 4.74 Å². The maximum atomic E-state index is 12.5. The Labute approximate surface area is 140 Å². The lowest BCUT2D eigenvalue weighted by Crippen LogP contribution is -2.46. The number of fused-ring (bicyclic) bond motifs is 1. The van der Waals surface area contributed by atoms with E-state index in [2.05, 4.69) is 4.98 Å². The normalized spacial score (nSPS) is 26.2. The molecule has 6 nitrogen and oxygen atoms in total. The predicted octanol–water partition coefficient (Wildman–Crippen LogP) is 2.52. The second kappa shape index (κ2) is 6.65. The highest BCUT2D eigenvalue weighted by atomic mass is 16.5. The average Bonchev–Trinajstić information content (AvgIpc) is 3.30. The quantitative estimate of drug-likeness (QED) is 0.863. The van der Waals surface area contributed by atoms with Crippen LogP contribution in [0.5, 0.6) is 5.75 Å². The minimum Gasteiger partial charge on any atom is -0.489 e. The fourth-order valence-corrected chi connectivity index (χ4v) is 3.55. The summed E-state index contributed by atoms with van der Waals surface area (Å²) in [5.41, 5.74) is 0.609. The molecule has 2 aromatic heterocycles. The molecule has 4 rings (SSSR count). The predicted molar refractivity (Wildman–Crippen MR) is 85.8 cm³/mol. The number of amides is 1. The Morgan fingerprint density at radius 2 is 2.29 bits per heavy atom. The molecule has 2 aliphatic rings. The summed E-state index contributed by atoms with van der Waals surface area (Å²) in [6.45, 7) is 1.25. The number of carbonyl (C=O) groups is 1. The lowest BCUT2D eigenvalue weighted by atomic mass is 9.99. The SMILES string of the molecule is O=C(c1ccoc1)N1CC[C@@H]2OC(COc3cccnc3)CC[C@@H]21. The van der Waals surface area contributed by atoms with Crippen molar-refractivity contribution in [3.8, 4) is 5.75 Å². The van der Waals surface area contributed by atoms with Gasteiger partial charge in [0.25, 0.3) is 5.91 Å². The van der Waals surface area contributed by atoms with Crippen molar-refractivity contribution >= 4 is 5.91 Å². The Morgan fingerprint density at radius 3 is 3.08 bits per heavy atom. The van der Waals surface area contributed by atoms with Gasteiger partial charge in [0.1, 0.15) is 18.6 Å². The lowest BCUT2D eigenvalue weighted by Gasteiger charge is -2.35. The van der Waals surface area contributed by atoms with Gasteiger partial charge in [0, 0.05) is 12.7 Å². The fraction of sp³-hybridized carbons (Fsp3) is 0.444. The zero-order valence-electron chi connectivity index (χ0n) is 13.3. The highest BCUT2D eigenvalue weighted by molar-refractivity contribution is 5.94. The average molecular weight is 328 g/mol. The Balaban J connectivity index is 1.33. The van der Waals surface area contributed by atoms with E-state index in [-0.39, 0.29) is 24.2 Å². The molecule has 0 bridgehead atoms. The van der Waals surface area contributed by atoms with Gasteiger partial charge in [-0.1, -0.05) is 0 Å². The number of carbonyl (C=O) groups excluding carboxylic acids is 1. The molecule has 0 spiro atoms. The first-order valence-corrected chi connectivity index (χ1v) is 8.33. The van der Waals surface area contributed by atoms with Crippen molar-refractivity contribution in [1.29, 1.82) is 0 Å². The van der Waals surface area contributed by atoms with Gasteiger partial charge in [-0.25, -0.2) is 0 Å². The number of hydrogen-bond donors (Lipinski definition) is 0. The number of ether oxygens (including phenoxy) is 2. The first-order valence-electron chi connectivity index (χ1n) is 8.33. The summed E-state index contributed by atoms with van der Waals surface area (Å²) in [4.78, 5) is 18.5. The van der Waals surface area contributed by atoms with Gasteiger partial charge in [-0.15, -0.1) is 0 Å². The second-order valence-electron chi connectivity index (χ2n) is 6.24. The van der Waals surface area contributed by atoms with Gasteiger partial charge in [-0.2, -0.15) is 0 Å². The molecule has 4 heterocycles. The van der Waals surface area contributed by atoms with E-state index in [1.165, 1.54) is 12.5 Å².